The molecule has 1 unspecified atom stereocenters. The number of anilines is 1. The monoisotopic (exact) mass is 302 g/mol. The summed E-state index contributed by atoms with van der Waals surface area (Å²) in [6.45, 7) is 2.68. The van der Waals surface area contributed by atoms with Gasteiger partial charge in [0.1, 0.15) is 0 Å². The Bertz CT molecular complexity index is 595. The van der Waals surface area contributed by atoms with Crippen LogP contribution < -0.4 is 10.2 Å². The molecule has 1 heterocycles. The molecule has 0 radical (unpaired) electrons. The van der Waals surface area contributed by atoms with Crippen LogP contribution >= 0.6 is 0 Å². The molecule has 1 aromatic carbocycles. The minimum atomic E-state index is -0.636. The normalized spacial score (nSPS) is 18.9. The first-order valence-electron chi connectivity index (χ1n) is 7.95. The third-order valence-corrected chi connectivity index (χ3v) is 4.64. The highest BCUT2D eigenvalue weighted by molar-refractivity contribution is 6.40. The van der Waals surface area contributed by atoms with E-state index in [-0.39, 0.29) is 12.0 Å². The molecule has 1 atom stereocenters. The molecule has 0 bridgehead atoms. The number of carbonyl (C=O) groups excluding carboxylic acids is 2. The van der Waals surface area contributed by atoms with Gasteiger partial charge in [-0.15, -0.1) is 0 Å². The summed E-state index contributed by atoms with van der Waals surface area (Å²) in [5.74, 6) is -1.16. The van der Waals surface area contributed by atoms with E-state index < -0.39 is 17.9 Å². The smallest absolute Gasteiger partial charge is 0.316 e. The maximum absolute atomic E-state index is 12.4. The molecule has 5 nitrogen and oxygen atoms in total. The van der Waals surface area contributed by atoms with Crippen LogP contribution in [0.2, 0.25) is 0 Å². The number of hydrogen-bond donors (Lipinski definition) is 2. The van der Waals surface area contributed by atoms with Crippen molar-refractivity contribution in [2.75, 3.05) is 18.0 Å². The lowest BCUT2D eigenvalue weighted by Crippen LogP contribution is -2.45. The number of nitrogens with one attached hydrogen (secondary N) is 1. The largest absolute Gasteiger partial charge is 0.391 e. The third kappa shape index (κ3) is 2.61. The van der Waals surface area contributed by atoms with Gasteiger partial charge in [0.05, 0.1) is 6.10 Å². The second-order valence-electron chi connectivity index (χ2n) is 6.34. The highest BCUT2D eigenvalue weighted by atomic mass is 16.3. The first kappa shape index (κ1) is 15.0. The molecular weight excluding hydrogens is 280 g/mol. The number of para-hydroxylation sites is 1. The van der Waals surface area contributed by atoms with E-state index in [1.807, 2.05) is 25.1 Å². The first-order chi connectivity index (χ1) is 10.6. The van der Waals surface area contributed by atoms with Gasteiger partial charge in [-0.1, -0.05) is 31.5 Å². The average Bonchev–Trinajstić information content (AvgIpc) is 3.23. The fraction of sp³-hybridized carbons (Fsp3) is 0.529. The number of aliphatic hydroxyl groups is 1. The summed E-state index contributed by atoms with van der Waals surface area (Å²) in [6.07, 6.45) is 3.01. The molecule has 118 valence electrons. The van der Waals surface area contributed by atoms with Gasteiger partial charge in [-0.2, -0.15) is 0 Å². The summed E-state index contributed by atoms with van der Waals surface area (Å²) in [7, 11) is 0. The van der Waals surface area contributed by atoms with Gasteiger partial charge in [-0.05, 0) is 30.9 Å². The van der Waals surface area contributed by atoms with Crippen LogP contribution in [0.15, 0.2) is 24.3 Å². The molecule has 2 aliphatic rings. The molecule has 1 fully saturated rings. The average molecular weight is 302 g/mol. The van der Waals surface area contributed by atoms with Crippen LogP contribution in [-0.2, 0) is 15.0 Å². The Morgan fingerprint density at radius 2 is 2.09 bits per heavy atom. The van der Waals surface area contributed by atoms with Gasteiger partial charge >= 0.3 is 11.8 Å². The first-order valence-corrected chi connectivity index (χ1v) is 7.95. The van der Waals surface area contributed by atoms with E-state index in [2.05, 4.69) is 11.4 Å². The van der Waals surface area contributed by atoms with Gasteiger partial charge in [0.2, 0.25) is 0 Å². The second-order valence-corrected chi connectivity index (χ2v) is 6.34. The topological polar surface area (TPSA) is 69.6 Å². The van der Waals surface area contributed by atoms with Gasteiger partial charge in [-0.25, -0.2) is 0 Å². The number of carbonyl (C=O) groups is 2. The highest BCUT2D eigenvalue weighted by Gasteiger charge is 2.53. The van der Waals surface area contributed by atoms with E-state index in [0.29, 0.717) is 13.0 Å². The van der Waals surface area contributed by atoms with Crippen molar-refractivity contribution in [3.05, 3.63) is 29.8 Å². The van der Waals surface area contributed by atoms with Crippen molar-refractivity contribution in [2.24, 2.45) is 0 Å². The highest BCUT2D eigenvalue weighted by Crippen LogP contribution is 2.56. The van der Waals surface area contributed by atoms with Crippen molar-refractivity contribution in [3.63, 3.8) is 0 Å². The molecule has 22 heavy (non-hydrogen) atoms. The van der Waals surface area contributed by atoms with Gasteiger partial charge in [-0.3, -0.25) is 9.59 Å². The summed E-state index contributed by atoms with van der Waals surface area (Å²) in [5.41, 5.74) is 2.12. The molecule has 3 rings (SSSR count). The van der Waals surface area contributed by atoms with Crippen molar-refractivity contribution >= 4 is 17.5 Å². The minimum Gasteiger partial charge on any atom is -0.391 e. The maximum Gasteiger partial charge on any atom is 0.316 e. The van der Waals surface area contributed by atoms with E-state index in [0.717, 1.165) is 24.9 Å². The van der Waals surface area contributed by atoms with Crippen LogP contribution in [0.5, 0.6) is 0 Å². The molecule has 2 N–H and O–H groups in total. The predicted molar refractivity (Wildman–Crippen MR) is 83.6 cm³/mol. The quantitative estimate of drug-likeness (QED) is 0.825. The Balaban J connectivity index is 1.67. The Morgan fingerprint density at radius 1 is 1.36 bits per heavy atom. The number of benzene rings is 1. The van der Waals surface area contributed by atoms with Crippen molar-refractivity contribution < 1.29 is 14.7 Å². The number of fused-ring (bicyclic) bond motifs is 2. The van der Waals surface area contributed by atoms with E-state index in [4.69, 9.17) is 0 Å². The van der Waals surface area contributed by atoms with Crippen molar-refractivity contribution in [3.8, 4) is 0 Å². The SMILES string of the molecule is CCCC(O)CNC(=O)C(=O)N1CC2(CC2)c2ccccc21. The Labute approximate surface area is 130 Å². The fourth-order valence-electron chi connectivity index (χ4n) is 3.23. The zero-order valence-electron chi connectivity index (χ0n) is 12.8. The minimum absolute atomic E-state index is 0.0776. The van der Waals surface area contributed by atoms with Gasteiger partial charge < -0.3 is 15.3 Å². The van der Waals surface area contributed by atoms with Gasteiger partial charge in [0, 0.05) is 24.2 Å². The van der Waals surface area contributed by atoms with Crippen LogP contribution in [0.1, 0.15) is 38.2 Å². The Hall–Kier alpha value is -1.88. The molecule has 1 saturated carbocycles. The molecule has 5 heteroatoms. The Morgan fingerprint density at radius 3 is 2.77 bits per heavy atom. The van der Waals surface area contributed by atoms with Crippen LogP contribution in [-0.4, -0.2) is 36.1 Å². The predicted octanol–water partition coefficient (Wildman–Crippen LogP) is 1.34. The van der Waals surface area contributed by atoms with E-state index >= 15 is 0 Å². The summed E-state index contributed by atoms with van der Waals surface area (Å²) >= 11 is 0. The van der Waals surface area contributed by atoms with E-state index in [9.17, 15) is 14.7 Å². The van der Waals surface area contributed by atoms with Crippen molar-refractivity contribution in [1.29, 1.82) is 0 Å². The molecule has 1 aliphatic carbocycles. The third-order valence-electron chi connectivity index (χ3n) is 4.64. The van der Waals surface area contributed by atoms with E-state index in [1.165, 1.54) is 5.56 Å². The summed E-state index contributed by atoms with van der Waals surface area (Å²) < 4.78 is 0. The fourth-order valence-corrected chi connectivity index (χ4v) is 3.23. The lowest BCUT2D eigenvalue weighted by molar-refractivity contribution is -0.137. The lowest BCUT2D eigenvalue weighted by atomic mass is 9.99. The summed E-state index contributed by atoms with van der Waals surface area (Å²) in [6, 6.07) is 7.83. The molecular formula is C17H22N2O3. The summed E-state index contributed by atoms with van der Waals surface area (Å²) in [4.78, 5) is 26.1. The molecule has 1 aliphatic heterocycles. The zero-order chi connectivity index (χ0) is 15.7. The maximum atomic E-state index is 12.4. The van der Waals surface area contributed by atoms with Crippen LogP contribution in [0.25, 0.3) is 0 Å². The molecule has 1 aromatic rings. The van der Waals surface area contributed by atoms with Crippen LogP contribution in [0.4, 0.5) is 5.69 Å². The lowest BCUT2D eigenvalue weighted by Gasteiger charge is -2.18. The second kappa shape index (κ2) is 5.72. The number of amides is 2. The number of nitrogens with zero attached hydrogens (tertiary/aromatic N) is 1. The molecule has 2 amide bonds. The van der Waals surface area contributed by atoms with E-state index in [1.54, 1.807) is 4.90 Å². The van der Waals surface area contributed by atoms with Crippen molar-refractivity contribution in [2.45, 2.75) is 44.1 Å². The number of aliphatic hydroxyl groups excluding tert-OH is 1. The van der Waals surface area contributed by atoms with Gasteiger partial charge in [0.15, 0.2) is 0 Å². The Kier molecular flexibility index (Phi) is 3.91. The van der Waals surface area contributed by atoms with Crippen LogP contribution in [0, 0.1) is 0 Å². The van der Waals surface area contributed by atoms with Crippen LogP contribution in [0.3, 0.4) is 0 Å². The zero-order valence-corrected chi connectivity index (χ0v) is 12.8. The van der Waals surface area contributed by atoms with Gasteiger partial charge in [0.25, 0.3) is 0 Å². The standard InChI is InChI=1S/C17H22N2O3/c1-2-5-12(20)10-18-15(21)16(22)19-11-17(8-9-17)13-6-3-4-7-14(13)19/h3-4,6-7,12,20H,2,5,8-11H2,1H3,(H,18,21). The molecule has 0 aromatic heterocycles. The van der Waals surface area contributed by atoms with Crippen molar-refractivity contribution in [1.82, 2.24) is 5.32 Å². The molecule has 1 spiro atoms. The number of hydrogen-bond acceptors (Lipinski definition) is 3. The number of rotatable bonds is 4. The molecule has 0 saturated heterocycles. The summed E-state index contributed by atoms with van der Waals surface area (Å²) in [5, 5.41) is 12.2.